The number of likely N-dealkylation sites (tertiary alicyclic amines) is 1. The number of ether oxygens (including phenoxy) is 1. The lowest BCUT2D eigenvalue weighted by atomic mass is 9.87. The fourth-order valence-corrected chi connectivity index (χ4v) is 7.91. The minimum absolute atomic E-state index is 0. The number of aryl methyl sites for hydroxylation is 1. The molecule has 7 nitrogen and oxygen atoms in total. The quantitative estimate of drug-likeness (QED) is 0.175. The van der Waals surface area contributed by atoms with Crippen molar-refractivity contribution in [3.8, 4) is 5.75 Å². The topological polar surface area (TPSA) is 70.8 Å². The zero-order valence-electron chi connectivity index (χ0n) is 29.5. The van der Waals surface area contributed by atoms with Gasteiger partial charge in [-0.2, -0.15) is 18.3 Å². The van der Waals surface area contributed by atoms with Gasteiger partial charge in [-0.05, 0) is 112 Å². The first-order valence-electron chi connectivity index (χ1n) is 17.1. The van der Waals surface area contributed by atoms with Crippen LogP contribution in [0.1, 0.15) is 80.8 Å². The number of nitrogens with zero attached hydrogens (tertiary/aromatic N) is 4. The molecule has 51 heavy (non-hydrogen) atoms. The summed E-state index contributed by atoms with van der Waals surface area (Å²) in [4.78, 5) is 16.7. The number of piperidine rings is 1. The number of aromatic nitrogens is 2. The Labute approximate surface area is 317 Å². The predicted octanol–water partition coefficient (Wildman–Crippen LogP) is 8.62. The molecule has 3 aromatic rings. The van der Waals surface area contributed by atoms with Gasteiger partial charge in [0.15, 0.2) is 6.61 Å². The second-order valence-electron chi connectivity index (χ2n) is 13.9. The van der Waals surface area contributed by atoms with E-state index in [4.69, 9.17) is 9.84 Å². The maximum Gasteiger partial charge on any atom is 0.422 e. The van der Waals surface area contributed by atoms with Crippen LogP contribution >= 0.6 is 37.2 Å². The lowest BCUT2D eigenvalue weighted by Gasteiger charge is -2.35. The Bertz CT molecular complexity index is 1520. The smallest absolute Gasteiger partial charge is 0.422 e. The average molecular weight is 782 g/mol. The van der Waals surface area contributed by atoms with Crippen molar-refractivity contribution in [1.82, 2.24) is 19.6 Å². The summed E-state index contributed by atoms with van der Waals surface area (Å²) >= 11 is 0. The Morgan fingerprint density at radius 3 is 2.27 bits per heavy atom. The highest BCUT2D eigenvalue weighted by molar-refractivity contribution is 5.86. The van der Waals surface area contributed by atoms with Crippen LogP contribution in [0, 0.1) is 17.7 Å². The van der Waals surface area contributed by atoms with Gasteiger partial charge in [0, 0.05) is 37.2 Å². The minimum Gasteiger partial charge on any atom is -0.484 e. The normalized spacial score (nSPS) is 20.4. The average Bonchev–Trinajstić information content (AvgIpc) is 3.64. The molecule has 1 aliphatic carbocycles. The van der Waals surface area contributed by atoms with Crippen molar-refractivity contribution in [2.24, 2.45) is 11.8 Å². The highest BCUT2D eigenvalue weighted by Gasteiger charge is 2.42. The highest BCUT2D eigenvalue weighted by Crippen LogP contribution is 2.44. The van der Waals surface area contributed by atoms with E-state index < -0.39 is 24.8 Å². The van der Waals surface area contributed by atoms with Gasteiger partial charge in [0.1, 0.15) is 17.6 Å². The molecule has 0 bridgehead atoms. The Morgan fingerprint density at radius 2 is 1.71 bits per heavy atom. The van der Waals surface area contributed by atoms with Gasteiger partial charge in [-0.3, -0.25) is 14.4 Å². The molecule has 286 valence electrons. The van der Waals surface area contributed by atoms with Crippen molar-refractivity contribution in [3.05, 3.63) is 82.9 Å². The Morgan fingerprint density at radius 1 is 1.04 bits per heavy atom. The molecule has 5 rings (SSSR count). The van der Waals surface area contributed by atoms with Crippen LogP contribution in [0.2, 0.25) is 0 Å². The fourth-order valence-electron chi connectivity index (χ4n) is 7.91. The van der Waals surface area contributed by atoms with Gasteiger partial charge in [0.05, 0.1) is 5.69 Å². The summed E-state index contributed by atoms with van der Waals surface area (Å²) in [7, 11) is 1.92. The molecule has 2 aliphatic rings. The summed E-state index contributed by atoms with van der Waals surface area (Å²) in [5.74, 6) is -0.0794. The van der Waals surface area contributed by atoms with Gasteiger partial charge in [-0.1, -0.05) is 38.1 Å². The zero-order chi connectivity index (χ0) is 34.6. The number of carbonyl (C=O) groups is 1. The highest BCUT2D eigenvalue weighted by atomic mass is 35.5. The first-order valence-corrected chi connectivity index (χ1v) is 17.1. The molecule has 4 atom stereocenters. The van der Waals surface area contributed by atoms with Crippen LogP contribution in [-0.2, 0) is 17.8 Å². The van der Waals surface area contributed by atoms with Crippen LogP contribution in [0.5, 0.6) is 5.75 Å². The van der Waals surface area contributed by atoms with E-state index in [1.165, 1.54) is 11.8 Å². The van der Waals surface area contributed by atoms with Gasteiger partial charge in [-0.15, -0.1) is 37.2 Å². The van der Waals surface area contributed by atoms with E-state index in [0.29, 0.717) is 12.3 Å². The van der Waals surface area contributed by atoms with Crippen LogP contribution < -0.4 is 4.74 Å². The number of halogens is 7. The van der Waals surface area contributed by atoms with E-state index in [1.54, 1.807) is 36.4 Å². The van der Waals surface area contributed by atoms with E-state index in [9.17, 15) is 27.5 Å². The number of carboxylic acids is 1. The fraction of sp³-hybridized carbons (Fsp3) is 0.568. The first kappa shape index (κ1) is 44.6. The van der Waals surface area contributed by atoms with Crippen LogP contribution in [-0.4, -0.2) is 82.2 Å². The number of benzene rings is 2. The van der Waals surface area contributed by atoms with Crippen molar-refractivity contribution < 1.29 is 32.2 Å². The molecular weight excluding hydrogens is 731 g/mol. The van der Waals surface area contributed by atoms with Crippen molar-refractivity contribution in [2.75, 3.05) is 33.3 Å². The SMILES string of the molecule is CCn1nc(Cc2ccc(OCC(F)(F)F)cc2)cc1C1CCN(CC2CC(N(C)[C@@H](C(=O)O)C(C)C)CC2c2cccc(F)c2)CC1.Cl.Cl.Cl. The molecule has 14 heteroatoms. The molecule has 2 aromatic carbocycles. The third-order valence-electron chi connectivity index (χ3n) is 10.2. The van der Waals surface area contributed by atoms with Gasteiger partial charge >= 0.3 is 12.1 Å². The summed E-state index contributed by atoms with van der Waals surface area (Å²) in [5, 5.41) is 14.8. The van der Waals surface area contributed by atoms with Crippen molar-refractivity contribution in [1.29, 1.82) is 0 Å². The number of carboxylic acid groups (broad SMARTS) is 1. The first-order chi connectivity index (χ1) is 22.8. The summed E-state index contributed by atoms with van der Waals surface area (Å²) in [6, 6.07) is 15.3. The molecule has 0 spiro atoms. The number of alkyl halides is 3. The van der Waals surface area contributed by atoms with Crippen LogP contribution in [0.25, 0.3) is 0 Å². The number of likely N-dealkylation sites (N-methyl/N-ethyl adjacent to an activating group) is 1. The third kappa shape index (κ3) is 11.7. The molecule has 1 aliphatic heterocycles. The van der Waals surface area contributed by atoms with E-state index in [-0.39, 0.29) is 72.6 Å². The van der Waals surface area contributed by atoms with E-state index in [1.807, 2.05) is 31.9 Å². The Kier molecular flexibility index (Phi) is 17.0. The summed E-state index contributed by atoms with van der Waals surface area (Å²) < 4.78 is 58.7. The summed E-state index contributed by atoms with van der Waals surface area (Å²) in [6.07, 6.45) is -0.136. The van der Waals surface area contributed by atoms with Gasteiger partial charge in [-0.25, -0.2) is 4.39 Å². The second kappa shape index (κ2) is 19.5. The predicted molar refractivity (Wildman–Crippen MR) is 199 cm³/mol. The van der Waals surface area contributed by atoms with Gasteiger partial charge in [0.2, 0.25) is 0 Å². The summed E-state index contributed by atoms with van der Waals surface area (Å²) in [6.45, 7) is 8.17. The Balaban J connectivity index is 0.00000300. The molecule has 2 fully saturated rings. The maximum atomic E-state index is 14.3. The van der Waals surface area contributed by atoms with E-state index in [2.05, 4.69) is 22.6 Å². The molecule has 1 saturated heterocycles. The molecule has 1 N–H and O–H groups in total. The second-order valence-corrected chi connectivity index (χ2v) is 13.9. The molecule has 2 heterocycles. The molecular formula is C37H51Cl3F4N4O3. The Hall–Kier alpha value is -2.57. The van der Waals surface area contributed by atoms with Crippen LogP contribution in [0.4, 0.5) is 17.6 Å². The monoisotopic (exact) mass is 780 g/mol. The van der Waals surface area contributed by atoms with Crippen molar-refractivity contribution >= 4 is 43.2 Å². The number of hydrogen-bond acceptors (Lipinski definition) is 5. The van der Waals surface area contributed by atoms with E-state index in [0.717, 1.165) is 68.7 Å². The number of rotatable bonds is 13. The van der Waals surface area contributed by atoms with Crippen LogP contribution in [0.3, 0.4) is 0 Å². The lowest BCUT2D eigenvalue weighted by molar-refractivity contribution is -0.153. The van der Waals surface area contributed by atoms with Crippen molar-refractivity contribution in [3.63, 3.8) is 0 Å². The number of aliphatic carboxylic acids is 1. The number of hydrogen-bond donors (Lipinski definition) is 1. The molecule has 1 aromatic heterocycles. The van der Waals surface area contributed by atoms with Crippen molar-refractivity contribution in [2.45, 2.75) is 89.5 Å². The zero-order valence-corrected chi connectivity index (χ0v) is 32.0. The summed E-state index contributed by atoms with van der Waals surface area (Å²) in [5.41, 5.74) is 4.09. The third-order valence-corrected chi connectivity index (χ3v) is 10.2. The molecule has 1 saturated carbocycles. The maximum absolute atomic E-state index is 14.3. The minimum atomic E-state index is -4.37. The molecule has 3 unspecified atom stereocenters. The van der Waals surface area contributed by atoms with Gasteiger partial charge < -0.3 is 14.7 Å². The van der Waals surface area contributed by atoms with Gasteiger partial charge in [0.25, 0.3) is 0 Å². The largest absolute Gasteiger partial charge is 0.484 e. The molecule has 0 radical (unpaired) electrons. The lowest BCUT2D eigenvalue weighted by Crippen LogP contribution is -2.47. The standard InChI is InChI=1S/C37H48F4N4O3.3ClH/c1-5-45-34(20-30(42-45)17-25-9-11-32(12-10-25)48-23-37(39,40)41)26-13-15-44(16-14-26)22-28-19-31(43(4)35(24(2)3)36(46)47)21-33(28)27-7-6-8-29(38)18-27;;;/h6-12,18,20,24,26,28,31,33,35H,5,13-17,19,21-23H2,1-4H3,(H,46,47);3*1H/t28?,31?,33?,35-;;;/m1.../s1. The molecule has 0 amide bonds. The van der Waals surface area contributed by atoms with Crippen LogP contribution in [0.15, 0.2) is 54.6 Å². The van der Waals surface area contributed by atoms with E-state index >= 15 is 0 Å².